The molecule has 0 saturated carbocycles. The first-order chi connectivity index (χ1) is 13.2. The van der Waals surface area contributed by atoms with E-state index in [1.807, 2.05) is 12.3 Å². The summed E-state index contributed by atoms with van der Waals surface area (Å²) in [5.41, 5.74) is 2.45. The summed E-state index contributed by atoms with van der Waals surface area (Å²) in [7, 11) is 0. The van der Waals surface area contributed by atoms with Crippen molar-refractivity contribution in [3.8, 4) is 6.07 Å². The van der Waals surface area contributed by atoms with Gasteiger partial charge in [0, 0.05) is 24.9 Å². The number of fused-ring (bicyclic) bond motifs is 1. The zero-order valence-corrected chi connectivity index (χ0v) is 18.1. The summed E-state index contributed by atoms with van der Waals surface area (Å²) in [6.07, 6.45) is 4.27. The van der Waals surface area contributed by atoms with Crippen molar-refractivity contribution in [3.63, 3.8) is 0 Å². The summed E-state index contributed by atoms with van der Waals surface area (Å²) >= 11 is 1.52. The molecule has 28 heavy (non-hydrogen) atoms. The first-order valence-corrected chi connectivity index (χ1v) is 10.1. The molecule has 3 heterocycles. The van der Waals surface area contributed by atoms with Crippen molar-refractivity contribution in [2.24, 2.45) is 0 Å². The molecule has 0 aliphatic carbocycles. The van der Waals surface area contributed by atoms with E-state index in [-0.39, 0.29) is 22.8 Å². The van der Waals surface area contributed by atoms with Crippen molar-refractivity contribution in [3.05, 3.63) is 57.7 Å². The molecule has 0 fully saturated rings. The molecule has 5 nitrogen and oxygen atoms in total. The maximum absolute atomic E-state index is 13.3. The maximum Gasteiger partial charge on any atom is 0.177 e. The molecule has 2 aromatic rings. The number of hydrogen-bond donors (Lipinski definition) is 0. The van der Waals surface area contributed by atoms with E-state index in [0.29, 0.717) is 17.9 Å². The summed E-state index contributed by atoms with van der Waals surface area (Å²) < 4.78 is 15.4. The molecular formula is C20H21BrFN5S. The van der Waals surface area contributed by atoms with Crippen LogP contribution in [0.1, 0.15) is 43.4 Å². The Morgan fingerprint density at radius 2 is 2.00 bits per heavy atom. The number of aryl methyl sites for hydroxylation is 1. The Morgan fingerprint density at radius 3 is 2.71 bits per heavy atom. The number of rotatable bonds is 3. The quantitative estimate of drug-likeness (QED) is 0.603. The van der Waals surface area contributed by atoms with Crippen LogP contribution in [0.15, 0.2) is 34.7 Å². The Bertz CT molecular complexity index is 958. The van der Waals surface area contributed by atoms with Crippen LogP contribution in [0.3, 0.4) is 0 Å². The van der Waals surface area contributed by atoms with Gasteiger partial charge in [-0.1, -0.05) is 18.2 Å². The fourth-order valence-corrected chi connectivity index (χ4v) is 4.66. The van der Waals surface area contributed by atoms with E-state index in [1.54, 1.807) is 12.1 Å². The van der Waals surface area contributed by atoms with Crippen molar-refractivity contribution < 1.29 is 4.39 Å². The van der Waals surface area contributed by atoms with Gasteiger partial charge in [-0.15, -0.1) is 27.2 Å². The number of nitriles is 1. The molecule has 0 amide bonds. The molecular weight excluding hydrogens is 441 g/mol. The lowest BCUT2D eigenvalue weighted by atomic mass is 10.1. The zero-order valence-electron chi connectivity index (χ0n) is 15.6. The fraction of sp³-hybridized carbons (Fsp3) is 0.350. The zero-order chi connectivity index (χ0) is 18.8. The van der Waals surface area contributed by atoms with E-state index in [2.05, 4.69) is 25.7 Å². The second kappa shape index (κ2) is 8.93. The van der Waals surface area contributed by atoms with Crippen LogP contribution in [-0.4, -0.2) is 26.2 Å². The van der Waals surface area contributed by atoms with E-state index in [4.69, 9.17) is 0 Å². The van der Waals surface area contributed by atoms with Gasteiger partial charge in [-0.3, -0.25) is 0 Å². The molecule has 0 saturated heterocycles. The summed E-state index contributed by atoms with van der Waals surface area (Å²) in [4.78, 5) is 2.09. The molecule has 1 aromatic carbocycles. The largest absolute Gasteiger partial charge is 0.334 e. The molecule has 0 N–H and O–H groups in total. The smallest absolute Gasteiger partial charge is 0.177 e. The Kier molecular flexibility index (Phi) is 6.57. The monoisotopic (exact) mass is 461 g/mol. The first-order valence-electron chi connectivity index (χ1n) is 9.20. The molecule has 0 unspecified atom stereocenters. The van der Waals surface area contributed by atoms with Gasteiger partial charge in [0.05, 0.1) is 5.70 Å². The third kappa shape index (κ3) is 3.74. The van der Waals surface area contributed by atoms with Crippen LogP contribution in [0.4, 0.5) is 4.39 Å². The second-order valence-corrected chi connectivity index (χ2v) is 7.42. The van der Waals surface area contributed by atoms with Crippen molar-refractivity contribution in [2.45, 2.75) is 39.2 Å². The lowest BCUT2D eigenvalue weighted by Crippen LogP contribution is -2.18. The minimum Gasteiger partial charge on any atom is -0.334 e. The van der Waals surface area contributed by atoms with Crippen LogP contribution in [0, 0.1) is 17.1 Å². The molecule has 4 rings (SSSR count). The maximum atomic E-state index is 13.3. The van der Waals surface area contributed by atoms with E-state index < -0.39 is 0 Å². The molecule has 2 aliphatic rings. The van der Waals surface area contributed by atoms with Crippen molar-refractivity contribution in [2.75, 3.05) is 6.54 Å². The summed E-state index contributed by atoms with van der Waals surface area (Å²) in [5, 5.41) is 21.5. The van der Waals surface area contributed by atoms with E-state index in [1.165, 1.54) is 30.3 Å². The lowest BCUT2D eigenvalue weighted by Gasteiger charge is -2.23. The second-order valence-electron chi connectivity index (χ2n) is 6.57. The number of thioether (sulfide) groups is 1. The minimum absolute atomic E-state index is 0. The molecule has 0 radical (unpaired) electrons. The number of nitrogens with zero attached hydrogens (tertiary/aromatic N) is 5. The summed E-state index contributed by atoms with van der Waals surface area (Å²) in [5.74, 6) is 1.37. The van der Waals surface area contributed by atoms with Crippen molar-refractivity contribution >= 4 is 40.0 Å². The van der Waals surface area contributed by atoms with Crippen LogP contribution < -0.4 is 0 Å². The van der Waals surface area contributed by atoms with Crippen LogP contribution in [0.5, 0.6) is 0 Å². The molecule has 1 aromatic heterocycles. The van der Waals surface area contributed by atoms with Gasteiger partial charge in [-0.2, -0.15) is 5.26 Å². The Labute approximate surface area is 178 Å². The number of aromatic nitrogens is 3. The van der Waals surface area contributed by atoms with E-state index in [0.717, 1.165) is 47.9 Å². The average molecular weight is 462 g/mol. The minimum atomic E-state index is -0.257. The normalized spacial score (nSPS) is 17.9. The van der Waals surface area contributed by atoms with Gasteiger partial charge >= 0.3 is 0 Å². The van der Waals surface area contributed by atoms with Gasteiger partial charge in [-0.05, 0) is 49.6 Å². The van der Waals surface area contributed by atoms with Gasteiger partial charge in [0.2, 0.25) is 0 Å². The highest BCUT2D eigenvalue weighted by molar-refractivity contribution is 8.93. The first kappa shape index (κ1) is 20.6. The van der Waals surface area contributed by atoms with Gasteiger partial charge in [-0.25, -0.2) is 4.39 Å². The molecule has 0 atom stereocenters. The van der Waals surface area contributed by atoms with Gasteiger partial charge in [0.1, 0.15) is 28.3 Å². The molecule has 0 spiro atoms. The lowest BCUT2D eigenvalue weighted by molar-refractivity contribution is 0.556. The topological polar surface area (TPSA) is 57.7 Å². The highest BCUT2D eigenvalue weighted by Gasteiger charge is 2.28. The summed E-state index contributed by atoms with van der Waals surface area (Å²) in [6.45, 7) is 3.60. The number of halogens is 2. The average Bonchev–Trinajstić information content (AvgIpc) is 3.20. The van der Waals surface area contributed by atoms with Crippen molar-refractivity contribution in [1.29, 1.82) is 5.26 Å². The standard InChI is InChI=1S/C20H20FN5S.BrH/c1-2-25-17(14-7-9-15(21)10-8-14)13-27-20(25)16(12-22)19-24-23-18-6-4-3-5-11-26(18)19;/h7-10,13H,2-6,11H2,1H3;1H/b20-16+;. The van der Waals surface area contributed by atoms with Crippen LogP contribution in [-0.2, 0) is 13.0 Å². The predicted molar refractivity (Wildman–Crippen MR) is 115 cm³/mol. The number of benzene rings is 1. The number of hydrogen-bond acceptors (Lipinski definition) is 5. The SMILES string of the molecule is Br.CCN1C(c2ccc(F)cc2)=CS/C1=C(\C#N)c1nnc2n1CCCCC2. The molecule has 2 aliphatic heterocycles. The van der Waals surface area contributed by atoms with Crippen molar-refractivity contribution in [1.82, 2.24) is 19.7 Å². The predicted octanol–water partition coefficient (Wildman–Crippen LogP) is 4.98. The highest BCUT2D eigenvalue weighted by Crippen LogP contribution is 2.43. The highest BCUT2D eigenvalue weighted by atomic mass is 79.9. The Balaban J connectivity index is 0.00000225. The molecule has 8 heteroatoms. The Hall–Kier alpha value is -2.11. The summed E-state index contributed by atoms with van der Waals surface area (Å²) in [6, 6.07) is 8.81. The van der Waals surface area contributed by atoms with Crippen LogP contribution in [0.25, 0.3) is 11.3 Å². The molecule has 146 valence electrons. The fourth-order valence-electron chi connectivity index (χ4n) is 3.56. The van der Waals surface area contributed by atoms with E-state index in [9.17, 15) is 9.65 Å². The molecule has 0 bridgehead atoms. The van der Waals surface area contributed by atoms with E-state index >= 15 is 0 Å². The third-order valence-electron chi connectivity index (χ3n) is 4.93. The van der Waals surface area contributed by atoms with Crippen LogP contribution in [0.2, 0.25) is 0 Å². The van der Waals surface area contributed by atoms with Gasteiger partial charge < -0.3 is 9.47 Å². The van der Waals surface area contributed by atoms with Crippen LogP contribution >= 0.6 is 28.7 Å². The van der Waals surface area contributed by atoms with Gasteiger partial charge in [0.15, 0.2) is 5.82 Å². The Morgan fingerprint density at radius 1 is 1.21 bits per heavy atom. The third-order valence-corrected chi connectivity index (χ3v) is 5.92. The van der Waals surface area contributed by atoms with Gasteiger partial charge in [0.25, 0.3) is 0 Å². The number of allylic oxidation sites excluding steroid dienone is 1.